The molecule has 0 N–H and O–H groups in total. The van der Waals surface area contributed by atoms with Gasteiger partial charge in [0.05, 0.1) is 0 Å². The zero-order valence-corrected chi connectivity index (χ0v) is 16.7. The molecule has 0 saturated heterocycles. The number of hydrogen-bond donors (Lipinski definition) is 0. The molecule has 0 fully saturated rings. The van der Waals surface area contributed by atoms with Crippen LogP contribution >= 0.6 is 0 Å². The average molecular weight is 364 g/mol. The number of halogens is 2. The second-order valence-corrected chi connectivity index (χ2v) is 9.92. The van der Waals surface area contributed by atoms with Gasteiger partial charge in [0.2, 0.25) is 0 Å². The monoisotopic (exact) mass is 364 g/mol. The lowest BCUT2D eigenvalue weighted by Gasteiger charge is -2.10. The molecule has 0 aliphatic carbocycles. The Kier molecular flexibility index (Phi) is 5.91. The summed E-state index contributed by atoms with van der Waals surface area (Å²) >= 11 is -1.53. The third kappa shape index (κ3) is 4.06. The molecule has 0 radical (unpaired) electrons. The summed E-state index contributed by atoms with van der Waals surface area (Å²) in [6.45, 7) is 2.17. The third-order valence-corrected chi connectivity index (χ3v) is 6.41. The normalized spacial score (nSPS) is 10.8. The van der Waals surface area contributed by atoms with Crippen LogP contribution in [0.1, 0.15) is 18.9 Å². The Bertz CT molecular complexity index is 858. The van der Waals surface area contributed by atoms with Crippen molar-refractivity contribution in [3.8, 4) is 22.3 Å². The van der Waals surface area contributed by atoms with Crippen LogP contribution < -0.4 is 4.43 Å². The maximum atomic E-state index is 14.3. The van der Waals surface area contributed by atoms with Crippen LogP contribution in [0.5, 0.6) is 0 Å². The summed E-state index contributed by atoms with van der Waals surface area (Å²) in [6.07, 6.45) is 2.23. The number of hydrogen-bond acceptors (Lipinski definition) is 0. The lowest BCUT2D eigenvalue weighted by atomic mass is 9.99. The zero-order chi connectivity index (χ0) is 18.7. The lowest BCUT2D eigenvalue weighted by molar-refractivity contribution is 0.597. The molecule has 0 bridgehead atoms. The summed E-state index contributed by atoms with van der Waals surface area (Å²) in [5.74, 6) is 3.03. The van der Waals surface area contributed by atoms with E-state index >= 15 is 0 Å². The van der Waals surface area contributed by atoms with Gasteiger partial charge in [0, 0.05) is 0 Å². The molecule has 0 amide bonds. The second kappa shape index (κ2) is 8.17. The zero-order valence-electron chi connectivity index (χ0n) is 15.5. The molecule has 0 aliphatic rings. The van der Waals surface area contributed by atoms with Gasteiger partial charge in [0.25, 0.3) is 0 Å². The Morgan fingerprint density at radius 1 is 0.692 bits per heavy atom. The Morgan fingerprint density at radius 2 is 1.12 bits per heavy atom. The first-order valence-electron chi connectivity index (χ1n) is 9.18. The SMILES string of the molecule is CCCc1ccc(-c2ccc(-c3cc(F)[c]([Al]([CH3])[CH3])c(F)c3)cc2)cc1. The van der Waals surface area contributed by atoms with Crippen molar-refractivity contribution in [1.29, 1.82) is 0 Å². The first kappa shape index (κ1) is 18.8. The molecular weight excluding hydrogens is 341 g/mol. The predicted molar refractivity (Wildman–Crippen MR) is 108 cm³/mol. The van der Waals surface area contributed by atoms with Crippen LogP contribution in [0, 0.1) is 11.6 Å². The minimum atomic E-state index is -1.53. The van der Waals surface area contributed by atoms with Crippen molar-refractivity contribution in [1.82, 2.24) is 0 Å². The molecule has 0 spiro atoms. The van der Waals surface area contributed by atoms with E-state index in [4.69, 9.17) is 0 Å². The van der Waals surface area contributed by atoms with Gasteiger partial charge < -0.3 is 0 Å². The van der Waals surface area contributed by atoms with Crippen LogP contribution in [-0.4, -0.2) is 14.1 Å². The van der Waals surface area contributed by atoms with Crippen LogP contribution in [0.4, 0.5) is 8.78 Å². The van der Waals surface area contributed by atoms with E-state index in [1.54, 1.807) is 0 Å². The van der Waals surface area contributed by atoms with Crippen molar-refractivity contribution in [3.63, 3.8) is 0 Å². The van der Waals surface area contributed by atoms with E-state index in [0.717, 1.165) is 29.5 Å². The Morgan fingerprint density at radius 3 is 1.54 bits per heavy atom. The lowest BCUT2D eigenvalue weighted by Crippen LogP contribution is -2.29. The van der Waals surface area contributed by atoms with Crippen molar-refractivity contribution < 1.29 is 8.78 Å². The fourth-order valence-corrected chi connectivity index (χ4v) is 4.58. The highest BCUT2D eigenvalue weighted by Gasteiger charge is 2.18. The quantitative estimate of drug-likeness (QED) is 0.472. The van der Waals surface area contributed by atoms with Gasteiger partial charge in [0.15, 0.2) is 0 Å². The van der Waals surface area contributed by atoms with Crippen LogP contribution in [0.3, 0.4) is 0 Å². The first-order chi connectivity index (χ1) is 12.5. The molecule has 0 heterocycles. The molecule has 3 aromatic rings. The minimum Gasteiger partial charge on any atom is -0.208 e. The molecule has 3 heteroatoms. The van der Waals surface area contributed by atoms with Crippen LogP contribution in [0.2, 0.25) is 11.6 Å². The standard InChI is InChI=1S/C21H17F2.2CH3.Al/c1-2-3-15-4-6-16(7-5-15)17-8-10-18(11-9-17)19-12-20(22)14-21(23)13-19;;;/h4-13H,2-3H2,1H3;2*1H3;. The fraction of sp³-hybridized carbons (Fsp3) is 0.217. The second-order valence-electron chi connectivity index (χ2n) is 7.03. The van der Waals surface area contributed by atoms with E-state index in [0.29, 0.717) is 5.56 Å². The molecule has 26 heavy (non-hydrogen) atoms. The smallest absolute Gasteiger partial charge is 0.208 e. The highest BCUT2D eigenvalue weighted by molar-refractivity contribution is 6.70. The number of aryl methyl sites for hydroxylation is 1. The van der Waals surface area contributed by atoms with Gasteiger partial charge in [-0.2, -0.15) is 0 Å². The van der Waals surface area contributed by atoms with Crippen molar-refractivity contribution in [2.75, 3.05) is 0 Å². The highest BCUT2D eigenvalue weighted by atomic mass is 27.2. The van der Waals surface area contributed by atoms with E-state index in [9.17, 15) is 8.78 Å². The predicted octanol–water partition coefficient (Wildman–Crippen LogP) is 6.21. The van der Waals surface area contributed by atoms with Gasteiger partial charge in [-0.3, -0.25) is 0 Å². The summed E-state index contributed by atoms with van der Waals surface area (Å²) in [4.78, 5) is 0. The number of rotatable bonds is 5. The summed E-state index contributed by atoms with van der Waals surface area (Å²) in [6, 6.07) is 19.4. The van der Waals surface area contributed by atoms with Gasteiger partial charge in [-0.25, -0.2) is 8.78 Å². The van der Waals surface area contributed by atoms with Crippen LogP contribution in [0.15, 0.2) is 60.7 Å². The van der Waals surface area contributed by atoms with E-state index in [1.807, 2.05) is 35.8 Å². The minimum absolute atomic E-state index is 0.289. The average Bonchev–Trinajstić information content (AvgIpc) is 2.62. The first-order valence-corrected chi connectivity index (χ1v) is 12.1. The van der Waals surface area contributed by atoms with Crippen molar-refractivity contribution in [2.24, 2.45) is 0 Å². The highest BCUT2D eigenvalue weighted by Crippen LogP contribution is 2.26. The summed E-state index contributed by atoms with van der Waals surface area (Å²) in [5.41, 5.74) is 5.00. The molecule has 0 atom stereocenters. The van der Waals surface area contributed by atoms with E-state index < -0.39 is 25.8 Å². The maximum Gasteiger partial charge on any atom is 0.309 e. The van der Waals surface area contributed by atoms with Gasteiger partial charge in [-0.05, 0) is 50.8 Å². The third-order valence-electron chi connectivity index (χ3n) is 4.70. The summed E-state index contributed by atoms with van der Waals surface area (Å²) in [5, 5.41) is 0. The van der Waals surface area contributed by atoms with Crippen molar-refractivity contribution in [3.05, 3.63) is 77.9 Å². The van der Waals surface area contributed by atoms with E-state index in [-0.39, 0.29) is 4.43 Å². The van der Waals surface area contributed by atoms with Crippen LogP contribution in [0.25, 0.3) is 22.3 Å². The Labute approximate surface area is 158 Å². The topological polar surface area (TPSA) is 0 Å². The Hall–Kier alpha value is -1.95. The fourth-order valence-electron chi connectivity index (χ4n) is 3.31. The molecular formula is C23H23AlF2. The van der Waals surface area contributed by atoms with Crippen molar-refractivity contribution >= 4 is 18.6 Å². The molecule has 0 nitrogen and oxygen atoms in total. The van der Waals surface area contributed by atoms with E-state index in [2.05, 4.69) is 31.2 Å². The van der Waals surface area contributed by atoms with Gasteiger partial charge >= 0.3 is 14.1 Å². The molecule has 3 aromatic carbocycles. The molecule has 0 aromatic heterocycles. The summed E-state index contributed by atoms with van der Waals surface area (Å²) < 4.78 is 28.9. The van der Waals surface area contributed by atoms with Gasteiger partial charge in [-0.1, -0.05) is 61.9 Å². The molecule has 0 aliphatic heterocycles. The molecule has 3 rings (SSSR count). The summed E-state index contributed by atoms with van der Waals surface area (Å²) in [7, 11) is 0. The van der Waals surface area contributed by atoms with Crippen molar-refractivity contribution in [2.45, 2.75) is 31.3 Å². The van der Waals surface area contributed by atoms with Gasteiger partial charge in [0.1, 0.15) is 11.6 Å². The largest absolute Gasteiger partial charge is 0.309 e. The molecule has 132 valence electrons. The van der Waals surface area contributed by atoms with E-state index in [1.165, 1.54) is 17.7 Å². The molecule has 0 unspecified atom stereocenters. The Balaban J connectivity index is 1.88. The molecule has 0 saturated carbocycles. The van der Waals surface area contributed by atoms with Crippen LogP contribution in [-0.2, 0) is 6.42 Å². The number of benzene rings is 3. The van der Waals surface area contributed by atoms with Gasteiger partial charge in [-0.15, -0.1) is 11.6 Å². The maximum absolute atomic E-state index is 14.3.